The Balaban J connectivity index is 1.29. The Labute approximate surface area is 172 Å². The molecule has 0 aliphatic rings. The van der Waals surface area contributed by atoms with Crippen molar-refractivity contribution in [3.8, 4) is 0 Å². The van der Waals surface area contributed by atoms with Crippen molar-refractivity contribution in [3.63, 3.8) is 0 Å². The number of para-hydroxylation sites is 1. The first-order valence-electron chi connectivity index (χ1n) is 9.55. The molecule has 0 atom stereocenters. The molecule has 6 nitrogen and oxygen atoms in total. The topological polar surface area (TPSA) is 85.6 Å². The van der Waals surface area contributed by atoms with Gasteiger partial charge in [0, 0.05) is 28.4 Å². The van der Waals surface area contributed by atoms with E-state index in [9.17, 15) is 14.4 Å². The first-order chi connectivity index (χ1) is 14.6. The Kier molecular flexibility index (Phi) is 5.57. The summed E-state index contributed by atoms with van der Waals surface area (Å²) < 4.78 is 10.7. The van der Waals surface area contributed by atoms with Crippen LogP contribution in [0.3, 0.4) is 0 Å². The summed E-state index contributed by atoms with van der Waals surface area (Å²) in [6.07, 6.45) is -0.0390. The number of hydrogen-bond donors (Lipinski definition) is 1. The Morgan fingerprint density at radius 1 is 0.800 bits per heavy atom. The second-order valence-corrected chi connectivity index (χ2v) is 6.81. The third kappa shape index (κ3) is 4.38. The zero-order valence-corrected chi connectivity index (χ0v) is 16.1. The maximum atomic E-state index is 12.1. The number of esters is 1. The molecule has 150 valence electrons. The second-order valence-electron chi connectivity index (χ2n) is 6.81. The van der Waals surface area contributed by atoms with Gasteiger partial charge in [-0.25, -0.2) is 0 Å². The summed E-state index contributed by atoms with van der Waals surface area (Å²) in [5.74, 6) is -1.19. The van der Waals surface area contributed by atoms with Crippen LogP contribution in [0.2, 0.25) is 0 Å². The van der Waals surface area contributed by atoms with Gasteiger partial charge >= 0.3 is 5.97 Å². The summed E-state index contributed by atoms with van der Waals surface area (Å²) in [6, 6.07) is 21.7. The number of amides is 1. The number of rotatable bonds is 7. The molecule has 1 amide bonds. The van der Waals surface area contributed by atoms with E-state index in [4.69, 9.17) is 9.15 Å². The molecule has 1 aromatic heterocycles. The molecule has 0 spiro atoms. The largest absolute Gasteiger partial charge is 0.456 e. The van der Waals surface area contributed by atoms with E-state index in [1.807, 2.05) is 36.4 Å². The third-order valence-electron chi connectivity index (χ3n) is 4.68. The van der Waals surface area contributed by atoms with Crippen LogP contribution >= 0.6 is 0 Å². The monoisotopic (exact) mass is 401 g/mol. The second kappa shape index (κ2) is 8.61. The van der Waals surface area contributed by atoms with Gasteiger partial charge in [0.05, 0.1) is 6.42 Å². The maximum absolute atomic E-state index is 12.1. The number of nitrogens with one attached hydrogen (secondary N) is 1. The minimum Gasteiger partial charge on any atom is -0.456 e. The van der Waals surface area contributed by atoms with Crippen molar-refractivity contribution in [3.05, 3.63) is 78.4 Å². The van der Waals surface area contributed by atoms with Crippen LogP contribution in [-0.2, 0) is 14.3 Å². The molecule has 0 saturated heterocycles. The van der Waals surface area contributed by atoms with Crippen LogP contribution in [0.25, 0.3) is 21.9 Å². The Morgan fingerprint density at radius 2 is 1.53 bits per heavy atom. The minimum atomic E-state index is -0.592. The molecule has 4 rings (SSSR count). The lowest BCUT2D eigenvalue weighted by Gasteiger charge is -2.07. The zero-order valence-electron chi connectivity index (χ0n) is 16.1. The van der Waals surface area contributed by atoms with Gasteiger partial charge in [-0.2, -0.15) is 0 Å². The fraction of sp³-hybridized carbons (Fsp3) is 0.125. The van der Waals surface area contributed by atoms with E-state index in [1.54, 1.807) is 36.4 Å². The van der Waals surface area contributed by atoms with Crippen molar-refractivity contribution >= 4 is 45.3 Å². The minimum absolute atomic E-state index is 0.0364. The summed E-state index contributed by atoms with van der Waals surface area (Å²) in [5.41, 5.74) is 2.62. The molecule has 0 bridgehead atoms. The number of ether oxygens (including phenoxy) is 1. The molecule has 1 heterocycles. The Morgan fingerprint density at radius 3 is 2.37 bits per heavy atom. The number of furan rings is 1. The van der Waals surface area contributed by atoms with Gasteiger partial charge in [0.2, 0.25) is 0 Å². The highest BCUT2D eigenvalue weighted by Gasteiger charge is 2.13. The number of carbonyl (C=O) groups excluding carboxylic acids is 3. The highest BCUT2D eigenvalue weighted by molar-refractivity contribution is 6.07. The molecule has 1 N–H and O–H groups in total. The highest BCUT2D eigenvalue weighted by atomic mass is 16.5. The van der Waals surface area contributed by atoms with E-state index in [0.29, 0.717) is 11.3 Å². The van der Waals surface area contributed by atoms with Crippen LogP contribution < -0.4 is 5.32 Å². The first-order valence-corrected chi connectivity index (χ1v) is 9.55. The smallest absolute Gasteiger partial charge is 0.306 e. The van der Waals surface area contributed by atoms with E-state index in [0.717, 1.165) is 21.9 Å². The first kappa shape index (κ1) is 19.4. The van der Waals surface area contributed by atoms with Crippen LogP contribution in [0.1, 0.15) is 23.2 Å². The molecule has 0 fully saturated rings. The highest BCUT2D eigenvalue weighted by Crippen LogP contribution is 2.30. The number of fused-ring (bicyclic) bond motifs is 3. The standard InChI is InChI=1S/C24H19NO5/c26-20(16-6-2-1-3-7-16)11-13-24(28)29-15-23(27)25-17-10-12-22-19(14-17)18-8-4-5-9-21(18)30-22/h1-10,12,14H,11,13,15H2,(H,25,27). The van der Waals surface area contributed by atoms with Crippen LogP contribution in [-0.4, -0.2) is 24.3 Å². The van der Waals surface area contributed by atoms with Gasteiger partial charge in [0.25, 0.3) is 5.91 Å². The molecule has 0 unspecified atom stereocenters. The van der Waals surface area contributed by atoms with E-state index in [-0.39, 0.29) is 18.6 Å². The summed E-state index contributed by atoms with van der Waals surface area (Å²) in [5, 5.41) is 4.56. The number of benzene rings is 3. The SMILES string of the molecule is O=C(COC(=O)CCC(=O)c1ccccc1)Nc1ccc2oc3ccccc3c2c1. The van der Waals surface area contributed by atoms with Gasteiger partial charge in [-0.05, 0) is 24.3 Å². The average molecular weight is 401 g/mol. The molecule has 0 aliphatic carbocycles. The average Bonchev–Trinajstić information content (AvgIpc) is 3.14. The summed E-state index contributed by atoms with van der Waals surface area (Å²) in [4.78, 5) is 36.0. The van der Waals surface area contributed by atoms with Crippen molar-refractivity contribution in [1.82, 2.24) is 0 Å². The fourth-order valence-electron chi connectivity index (χ4n) is 3.20. The predicted octanol–water partition coefficient (Wildman–Crippen LogP) is 4.73. The molecule has 3 aromatic carbocycles. The van der Waals surface area contributed by atoms with E-state index in [1.165, 1.54) is 0 Å². The lowest BCUT2D eigenvalue weighted by molar-refractivity contribution is -0.147. The van der Waals surface area contributed by atoms with Crippen LogP contribution in [0.15, 0.2) is 77.2 Å². The zero-order chi connectivity index (χ0) is 20.9. The van der Waals surface area contributed by atoms with E-state index < -0.39 is 18.5 Å². The van der Waals surface area contributed by atoms with Crippen LogP contribution in [0.4, 0.5) is 5.69 Å². The normalized spacial score (nSPS) is 10.8. The quantitative estimate of drug-likeness (QED) is 0.357. The van der Waals surface area contributed by atoms with Gasteiger partial charge in [-0.3, -0.25) is 14.4 Å². The Hall–Kier alpha value is -3.93. The van der Waals surface area contributed by atoms with Gasteiger partial charge in [-0.1, -0.05) is 48.5 Å². The number of ketones is 1. The van der Waals surface area contributed by atoms with Crippen molar-refractivity contribution in [2.24, 2.45) is 0 Å². The van der Waals surface area contributed by atoms with Crippen molar-refractivity contribution in [2.75, 3.05) is 11.9 Å². The molecule has 30 heavy (non-hydrogen) atoms. The van der Waals surface area contributed by atoms with Crippen LogP contribution in [0, 0.1) is 0 Å². The molecule has 0 saturated carbocycles. The Bertz CT molecular complexity index is 1230. The van der Waals surface area contributed by atoms with Gasteiger partial charge in [-0.15, -0.1) is 0 Å². The summed E-state index contributed by atoms with van der Waals surface area (Å²) in [6.45, 7) is -0.414. The van der Waals surface area contributed by atoms with Crippen molar-refractivity contribution in [2.45, 2.75) is 12.8 Å². The fourth-order valence-corrected chi connectivity index (χ4v) is 3.20. The molecular weight excluding hydrogens is 382 g/mol. The van der Waals surface area contributed by atoms with E-state index in [2.05, 4.69) is 5.32 Å². The number of Topliss-reactive ketones (excluding diaryl/α,β-unsaturated/α-hetero) is 1. The van der Waals surface area contributed by atoms with Gasteiger partial charge in [0.15, 0.2) is 12.4 Å². The summed E-state index contributed by atoms with van der Waals surface area (Å²) >= 11 is 0. The number of carbonyl (C=O) groups is 3. The molecule has 0 radical (unpaired) electrons. The van der Waals surface area contributed by atoms with Crippen LogP contribution in [0.5, 0.6) is 0 Å². The van der Waals surface area contributed by atoms with E-state index >= 15 is 0 Å². The lowest BCUT2D eigenvalue weighted by Crippen LogP contribution is -2.21. The summed E-state index contributed by atoms with van der Waals surface area (Å²) in [7, 11) is 0. The maximum Gasteiger partial charge on any atom is 0.306 e. The molecular formula is C24H19NO5. The van der Waals surface area contributed by atoms with Gasteiger partial charge in [0.1, 0.15) is 11.2 Å². The molecule has 4 aromatic rings. The lowest BCUT2D eigenvalue weighted by atomic mass is 10.1. The predicted molar refractivity (Wildman–Crippen MR) is 113 cm³/mol. The van der Waals surface area contributed by atoms with Crippen molar-refractivity contribution < 1.29 is 23.5 Å². The number of hydrogen-bond acceptors (Lipinski definition) is 5. The molecule has 6 heteroatoms. The molecule has 0 aliphatic heterocycles. The van der Waals surface area contributed by atoms with Gasteiger partial charge < -0.3 is 14.5 Å². The van der Waals surface area contributed by atoms with Crippen molar-refractivity contribution in [1.29, 1.82) is 0 Å². The third-order valence-corrected chi connectivity index (χ3v) is 4.68. The number of anilines is 1.